The lowest BCUT2D eigenvalue weighted by atomic mass is 9.97. The molecule has 0 saturated heterocycles. The van der Waals surface area contributed by atoms with Crippen LogP contribution in [0.2, 0.25) is 0 Å². The summed E-state index contributed by atoms with van der Waals surface area (Å²) in [6.45, 7) is 8.19. The van der Waals surface area contributed by atoms with Gasteiger partial charge in [-0.05, 0) is 56.0 Å². The highest BCUT2D eigenvalue weighted by molar-refractivity contribution is 6.00. The van der Waals surface area contributed by atoms with Crippen molar-refractivity contribution in [1.29, 1.82) is 0 Å². The first-order chi connectivity index (χ1) is 11.6. The number of amides is 1. The first kappa shape index (κ1) is 16.7. The number of carbonyl (C=O) groups is 1. The van der Waals surface area contributed by atoms with Gasteiger partial charge in [-0.2, -0.15) is 0 Å². The molecule has 0 spiro atoms. The summed E-state index contributed by atoms with van der Waals surface area (Å²) in [6, 6.07) is 8.19. The maximum absolute atomic E-state index is 12.7. The van der Waals surface area contributed by atoms with Crippen molar-refractivity contribution in [2.45, 2.75) is 39.8 Å². The number of rotatable bonds is 6. The van der Waals surface area contributed by atoms with Gasteiger partial charge in [0, 0.05) is 43.2 Å². The summed E-state index contributed by atoms with van der Waals surface area (Å²) in [5.74, 6) is 0.143. The Hall–Kier alpha value is -2.20. The van der Waals surface area contributed by atoms with Gasteiger partial charge in [-0.15, -0.1) is 0 Å². The van der Waals surface area contributed by atoms with Crippen LogP contribution in [0.25, 0.3) is 11.1 Å². The monoisotopic (exact) mass is 324 g/mol. The number of nitrogens with zero attached hydrogens (tertiary/aromatic N) is 2. The number of ether oxygens (including phenoxy) is 1. The molecular weight excluding hydrogens is 300 g/mol. The number of pyridine rings is 1. The summed E-state index contributed by atoms with van der Waals surface area (Å²) in [4.78, 5) is 18.8. The molecule has 0 saturated carbocycles. The Labute approximate surface area is 143 Å². The minimum atomic E-state index is 0.143. The SMILES string of the molecule is Cc1cc(-c2cccnc2)cc2c1C(=O)N(CCCOC(C)C)C2. The van der Waals surface area contributed by atoms with Gasteiger partial charge in [-0.25, -0.2) is 0 Å². The molecule has 4 heteroatoms. The van der Waals surface area contributed by atoms with Crippen LogP contribution in [0, 0.1) is 6.92 Å². The highest BCUT2D eigenvalue weighted by Crippen LogP contribution is 2.31. The third kappa shape index (κ3) is 3.49. The molecule has 1 aliphatic rings. The van der Waals surface area contributed by atoms with E-state index in [-0.39, 0.29) is 12.0 Å². The lowest BCUT2D eigenvalue weighted by Gasteiger charge is -2.16. The number of benzene rings is 1. The van der Waals surface area contributed by atoms with E-state index in [2.05, 4.69) is 17.1 Å². The molecule has 0 radical (unpaired) electrons. The van der Waals surface area contributed by atoms with E-state index in [4.69, 9.17) is 4.74 Å². The second-order valence-electron chi connectivity index (χ2n) is 6.57. The molecule has 1 aliphatic heterocycles. The standard InChI is InChI=1S/C20H24N2O2/c1-14(2)24-9-5-8-22-13-18-11-17(16-6-4-7-21-12-16)10-15(3)19(18)20(22)23/h4,6-7,10-12,14H,5,8-9,13H2,1-3H3. The minimum absolute atomic E-state index is 0.143. The molecule has 0 N–H and O–H groups in total. The van der Waals surface area contributed by atoms with Crippen LogP contribution < -0.4 is 0 Å². The van der Waals surface area contributed by atoms with E-state index in [1.54, 1.807) is 6.20 Å². The average Bonchev–Trinajstić information content (AvgIpc) is 2.89. The molecule has 126 valence electrons. The molecule has 0 fully saturated rings. The first-order valence-electron chi connectivity index (χ1n) is 8.51. The average molecular weight is 324 g/mol. The van der Waals surface area contributed by atoms with Crippen LogP contribution in [-0.4, -0.2) is 35.0 Å². The van der Waals surface area contributed by atoms with Crippen LogP contribution in [-0.2, 0) is 11.3 Å². The van der Waals surface area contributed by atoms with E-state index in [9.17, 15) is 4.79 Å². The molecule has 0 bridgehead atoms. The van der Waals surface area contributed by atoms with E-state index in [0.717, 1.165) is 40.8 Å². The minimum Gasteiger partial charge on any atom is -0.379 e. The van der Waals surface area contributed by atoms with Crippen molar-refractivity contribution in [3.63, 3.8) is 0 Å². The molecule has 0 aliphatic carbocycles. The first-order valence-corrected chi connectivity index (χ1v) is 8.51. The van der Waals surface area contributed by atoms with E-state index >= 15 is 0 Å². The van der Waals surface area contributed by atoms with Crippen molar-refractivity contribution in [1.82, 2.24) is 9.88 Å². The molecule has 4 nitrogen and oxygen atoms in total. The van der Waals surface area contributed by atoms with Crippen LogP contribution in [0.1, 0.15) is 41.8 Å². The number of hydrogen-bond acceptors (Lipinski definition) is 3. The van der Waals surface area contributed by atoms with Crippen LogP contribution in [0.5, 0.6) is 0 Å². The number of aryl methyl sites for hydroxylation is 1. The molecule has 0 atom stereocenters. The second-order valence-corrected chi connectivity index (χ2v) is 6.57. The Morgan fingerprint density at radius 1 is 1.29 bits per heavy atom. The van der Waals surface area contributed by atoms with Gasteiger partial charge in [0.25, 0.3) is 5.91 Å². The summed E-state index contributed by atoms with van der Waals surface area (Å²) in [7, 11) is 0. The highest BCUT2D eigenvalue weighted by Gasteiger charge is 2.29. The van der Waals surface area contributed by atoms with Crippen molar-refractivity contribution in [3.8, 4) is 11.1 Å². The normalized spacial score (nSPS) is 13.7. The van der Waals surface area contributed by atoms with E-state index in [1.807, 2.05) is 44.0 Å². The second kappa shape index (κ2) is 7.14. The van der Waals surface area contributed by atoms with E-state index in [1.165, 1.54) is 0 Å². The quantitative estimate of drug-likeness (QED) is 0.759. The Balaban J connectivity index is 1.75. The van der Waals surface area contributed by atoms with Crippen molar-refractivity contribution in [2.24, 2.45) is 0 Å². The summed E-state index contributed by atoms with van der Waals surface area (Å²) in [6.07, 6.45) is 4.74. The lowest BCUT2D eigenvalue weighted by molar-refractivity contribution is 0.0629. The van der Waals surface area contributed by atoms with Crippen molar-refractivity contribution >= 4 is 5.91 Å². The van der Waals surface area contributed by atoms with Crippen LogP contribution in [0.4, 0.5) is 0 Å². The molecular formula is C20H24N2O2. The summed E-state index contributed by atoms with van der Waals surface area (Å²) in [5.41, 5.74) is 5.23. The largest absolute Gasteiger partial charge is 0.379 e. The fraction of sp³-hybridized carbons (Fsp3) is 0.400. The van der Waals surface area contributed by atoms with Gasteiger partial charge >= 0.3 is 0 Å². The highest BCUT2D eigenvalue weighted by atomic mass is 16.5. The van der Waals surface area contributed by atoms with Gasteiger partial charge in [0.05, 0.1) is 6.10 Å². The molecule has 0 unspecified atom stereocenters. The number of fused-ring (bicyclic) bond motifs is 1. The van der Waals surface area contributed by atoms with E-state index < -0.39 is 0 Å². The summed E-state index contributed by atoms with van der Waals surface area (Å²) in [5, 5.41) is 0. The lowest BCUT2D eigenvalue weighted by Crippen LogP contribution is -2.26. The molecule has 1 amide bonds. The number of aromatic nitrogens is 1. The number of carbonyl (C=O) groups excluding carboxylic acids is 1. The van der Waals surface area contributed by atoms with Gasteiger partial charge in [0.2, 0.25) is 0 Å². The summed E-state index contributed by atoms with van der Waals surface area (Å²) < 4.78 is 5.57. The Morgan fingerprint density at radius 2 is 2.12 bits per heavy atom. The zero-order chi connectivity index (χ0) is 17.1. The molecule has 1 aromatic carbocycles. The van der Waals surface area contributed by atoms with Crippen LogP contribution in [0.15, 0.2) is 36.7 Å². The molecule has 2 aromatic rings. The topological polar surface area (TPSA) is 42.4 Å². The van der Waals surface area contributed by atoms with Crippen molar-refractivity contribution < 1.29 is 9.53 Å². The van der Waals surface area contributed by atoms with E-state index in [0.29, 0.717) is 13.2 Å². The maximum atomic E-state index is 12.7. The zero-order valence-electron chi connectivity index (χ0n) is 14.6. The molecule has 1 aromatic heterocycles. The van der Waals surface area contributed by atoms with Gasteiger partial charge in [-0.3, -0.25) is 9.78 Å². The fourth-order valence-electron chi connectivity index (χ4n) is 3.18. The predicted octanol–water partition coefficient (Wildman–Crippen LogP) is 3.83. The van der Waals surface area contributed by atoms with Crippen LogP contribution >= 0.6 is 0 Å². The predicted molar refractivity (Wildman–Crippen MR) is 94.9 cm³/mol. The van der Waals surface area contributed by atoms with Gasteiger partial charge < -0.3 is 9.64 Å². The molecule has 2 heterocycles. The fourth-order valence-corrected chi connectivity index (χ4v) is 3.18. The van der Waals surface area contributed by atoms with Crippen molar-refractivity contribution in [3.05, 3.63) is 53.3 Å². The van der Waals surface area contributed by atoms with Crippen LogP contribution in [0.3, 0.4) is 0 Å². The Morgan fingerprint density at radius 3 is 2.83 bits per heavy atom. The van der Waals surface area contributed by atoms with Gasteiger partial charge in [0.1, 0.15) is 0 Å². The van der Waals surface area contributed by atoms with Gasteiger partial charge in [0.15, 0.2) is 0 Å². The zero-order valence-corrected chi connectivity index (χ0v) is 14.6. The van der Waals surface area contributed by atoms with Crippen molar-refractivity contribution in [2.75, 3.05) is 13.2 Å². The smallest absolute Gasteiger partial charge is 0.254 e. The Kier molecular flexibility index (Phi) is 4.95. The molecule has 24 heavy (non-hydrogen) atoms. The third-order valence-electron chi connectivity index (χ3n) is 4.30. The third-order valence-corrected chi connectivity index (χ3v) is 4.30. The molecule has 3 rings (SSSR count). The Bertz CT molecular complexity index is 726. The van der Waals surface area contributed by atoms with Gasteiger partial charge in [-0.1, -0.05) is 12.1 Å². The summed E-state index contributed by atoms with van der Waals surface area (Å²) >= 11 is 0. The number of hydrogen-bond donors (Lipinski definition) is 0. The maximum Gasteiger partial charge on any atom is 0.254 e.